The molecule has 1 saturated heterocycles. The lowest BCUT2D eigenvalue weighted by Gasteiger charge is -2.26. The Bertz CT molecular complexity index is 1400. The summed E-state index contributed by atoms with van der Waals surface area (Å²) in [5, 5.41) is 10.5. The van der Waals surface area contributed by atoms with E-state index in [1.165, 1.54) is 10.9 Å². The fraction of sp³-hybridized carbons (Fsp3) is 0.207. The number of hydrogen-bond donors (Lipinski definition) is 2. The van der Waals surface area contributed by atoms with Gasteiger partial charge in [-0.05, 0) is 48.5 Å². The average molecular weight is 512 g/mol. The van der Waals surface area contributed by atoms with Crippen LogP contribution >= 0.6 is 0 Å². The summed E-state index contributed by atoms with van der Waals surface area (Å²) in [4.78, 5) is 28.4. The highest BCUT2D eigenvalue weighted by atomic mass is 16.5. The second-order valence-corrected chi connectivity index (χ2v) is 8.76. The molecule has 1 amide bonds. The van der Waals surface area contributed by atoms with Gasteiger partial charge < -0.3 is 20.1 Å². The Labute approximate surface area is 220 Å². The Balaban J connectivity index is 1.33. The van der Waals surface area contributed by atoms with E-state index in [1.807, 2.05) is 48.5 Å². The molecular weight excluding hydrogens is 482 g/mol. The van der Waals surface area contributed by atoms with E-state index in [0.29, 0.717) is 35.0 Å². The summed E-state index contributed by atoms with van der Waals surface area (Å²) in [6.45, 7) is 4.58. The molecule has 38 heavy (non-hydrogen) atoms. The minimum absolute atomic E-state index is 0.145. The van der Waals surface area contributed by atoms with Gasteiger partial charge in [0.05, 0.1) is 25.1 Å². The Morgan fingerprint density at radius 2 is 1.61 bits per heavy atom. The van der Waals surface area contributed by atoms with Gasteiger partial charge in [-0.3, -0.25) is 14.5 Å². The molecule has 1 fully saturated rings. The number of anilines is 2. The fourth-order valence-corrected chi connectivity index (χ4v) is 4.10. The molecule has 1 aliphatic rings. The van der Waals surface area contributed by atoms with Gasteiger partial charge in [0, 0.05) is 37.4 Å². The van der Waals surface area contributed by atoms with Gasteiger partial charge in [0.1, 0.15) is 5.75 Å². The standard InChI is InChI=1S/C29H29N5O4/c35-28(30-15-16-33-17-19-37-20-18-33)22-11-13-23(14-12-22)32-27-26(38-25-9-5-2-6-10-25)21-31-34(29(27)36)24-7-3-1-4-8-24/h1-14,21,32H,15-20H2,(H,30,35). The van der Waals surface area contributed by atoms with Crippen molar-refractivity contribution in [1.82, 2.24) is 20.0 Å². The van der Waals surface area contributed by atoms with Crippen molar-refractivity contribution >= 4 is 17.3 Å². The van der Waals surface area contributed by atoms with Crippen LogP contribution in [0.15, 0.2) is 95.9 Å². The Morgan fingerprint density at radius 3 is 2.32 bits per heavy atom. The van der Waals surface area contributed by atoms with E-state index >= 15 is 0 Å². The van der Waals surface area contributed by atoms with Crippen molar-refractivity contribution in [2.75, 3.05) is 44.7 Å². The molecule has 0 aliphatic carbocycles. The quantitative estimate of drug-likeness (QED) is 0.353. The van der Waals surface area contributed by atoms with Crippen LogP contribution in [0.25, 0.3) is 5.69 Å². The summed E-state index contributed by atoms with van der Waals surface area (Å²) in [6, 6.07) is 25.3. The number of aromatic nitrogens is 2. The molecule has 2 heterocycles. The summed E-state index contributed by atoms with van der Waals surface area (Å²) in [5.74, 6) is 0.727. The summed E-state index contributed by atoms with van der Waals surface area (Å²) >= 11 is 0. The van der Waals surface area contributed by atoms with Crippen LogP contribution in [0.3, 0.4) is 0 Å². The smallest absolute Gasteiger partial charge is 0.299 e. The molecule has 0 unspecified atom stereocenters. The zero-order valence-electron chi connectivity index (χ0n) is 20.9. The number of rotatable bonds is 9. The number of para-hydroxylation sites is 2. The molecule has 0 radical (unpaired) electrons. The highest BCUT2D eigenvalue weighted by molar-refractivity contribution is 5.94. The van der Waals surface area contributed by atoms with Gasteiger partial charge in [0.2, 0.25) is 0 Å². The third-order valence-corrected chi connectivity index (χ3v) is 6.15. The summed E-state index contributed by atoms with van der Waals surface area (Å²) in [7, 11) is 0. The van der Waals surface area contributed by atoms with Crippen LogP contribution in [0.2, 0.25) is 0 Å². The highest BCUT2D eigenvalue weighted by Crippen LogP contribution is 2.28. The van der Waals surface area contributed by atoms with Crippen LogP contribution < -0.4 is 20.9 Å². The number of carbonyl (C=O) groups is 1. The molecule has 3 aromatic carbocycles. The van der Waals surface area contributed by atoms with E-state index in [-0.39, 0.29) is 17.2 Å². The van der Waals surface area contributed by atoms with E-state index in [1.54, 1.807) is 36.4 Å². The van der Waals surface area contributed by atoms with Crippen LogP contribution in [0.4, 0.5) is 11.4 Å². The maximum atomic E-state index is 13.5. The summed E-state index contributed by atoms with van der Waals surface area (Å²) < 4.78 is 12.7. The summed E-state index contributed by atoms with van der Waals surface area (Å²) in [5.41, 5.74) is 1.67. The first-order valence-electron chi connectivity index (χ1n) is 12.5. The molecule has 4 aromatic rings. The van der Waals surface area contributed by atoms with Crippen LogP contribution in [0.1, 0.15) is 10.4 Å². The van der Waals surface area contributed by atoms with Crippen molar-refractivity contribution in [3.8, 4) is 17.2 Å². The van der Waals surface area contributed by atoms with Gasteiger partial charge in [-0.15, -0.1) is 0 Å². The fourth-order valence-electron chi connectivity index (χ4n) is 4.10. The van der Waals surface area contributed by atoms with E-state index in [2.05, 4.69) is 20.6 Å². The number of morpholine rings is 1. The predicted octanol–water partition coefficient (Wildman–Crippen LogP) is 3.83. The molecule has 9 heteroatoms. The van der Waals surface area contributed by atoms with Crippen LogP contribution in [-0.2, 0) is 4.74 Å². The maximum Gasteiger partial charge on any atom is 0.299 e. The Hall–Kier alpha value is -4.47. The molecule has 9 nitrogen and oxygen atoms in total. The predicted molar refractivity (Wildman–Crippen MR) is 146 cm³/mol. The number of ether oxygens (including phenoxy) is 2. The second-order valence-electron chi connectivity index (χ2n) is 8.76. The van der Waals surface area contributed by atoms with Gasteiger partial charge in [-0.2, -0.15) is 9.78 Å². The molecule has 2 N–H and O–H groups in total. The van der Waals surface area contributed by atoms with E-state index < -0.39 is 0 Å². The van der Waals surface area contributed by atoms with Gasteiger partial charge in [-0.25, -0.2) is 0 Å². The molecule has 1 aromatic heterocycles. The second kappa shape index (κ2) is 12.2. The van der Waals surface area contributed by atoms with Gasteiger partial charge in [0.15, 0.2) is 11.4 Å². The van der Waals surface area contributed by atoms with Crippen LogP contribution in [0, 0.1) is 0 Å². The zero-order chi connectivity index (χ0) is 26.2. The van der Waals surface area contributed by atoms with Crippen molar-refractivity contribution in [1.29, 1.82) is 0 Å². The maximum absolute atomic E-state index is 13.5. The average Bonchev–Trinajstić information content (AvgIpc) is 2.97. The van der Waals surface area contributed by atoms with Crippen molar-refractivity contribution in [2.45, 2.75) is 0 Å². The first-order chi connectivity index (χ1) is 18.7. The number of carbonyl (C=O) groups excluding carboxylic acids is 1. The number of amides is 1. The first-order valence-corrected chi connectivity index (χ1v) is 12.5. The lowest BCUT2D eigenvalue weighted by molar-refractivity contribution is 0.0383. The third kappa shape index (κ3) is 6.26. The molecular formula is C29H29N5O4. The molecule has 0 spiro atoms. The van der Waals surface area contributed by atoms with Crippen molar-refractivity contribution < 1.29 is 14.3 Å². The molecule has 1 aliphatic heterocycles. The topological polar surface area (TPSA) is 97.7 Å². The van der Waals surface area contributed by atoms with E-state index in [4.69, 9.17) is 9.47 Å². The van der Waals surface area contributed by atoms with Crippen molar-refractivity contribution in [2.24, 2.45) is 0 Å². The minimum atomic E-state index is -0.366. The number of nitrogens with one attached hydrogen (secondary N) is 2. The highest BCUT2D eigenvalue weighted by Gasteiger charge is 2.16. The monoisotopic (exact) mass is 511 g/mol. The van der Waals surface area contributed by atoms with E-state index in [0.717, 1.165) is 32.8 Å². The minimum Gasteiger partial charge on any atom is -0.453 e. The van der Waals surface area contributed by atoms with Gasteiger partial charge >= 0.3 is 0 Å². The molecule has 5 rings (SSSR count). The van der Waals surface area contributed by atoms with Crippen LogP contribution in [0.5, 0.6) is 11.5 Å². The first kappa shape index (κ1) is 25.2. The van der Waals surface area contributed by atoms with Gasteiger partial charge in [-0.1, -0.05) is 36.4 Å². The molecule has 0 saturated carbocycles. The Kier molecular flexibility index (Phi) is 8.07. The van der Waals surface area contributed by atoms with Gasteiger partial charge in [0.25, 0.3) is 11.5 Å². The lowest BCUT2D eigenvalue weighted by atomic mass is 10.2. The number of benzene rings is 3. The zero-order valence-corrected chi connectivity index (χ0v) is 20.9. The Morgan fingerprint density at radius 1 is 0.921 bits per heavy atom. The molecule has 0 bridgehead atoms. The van der Waals surface area contributed by atoms with Crippen molar-refractivity contribution in [3.05, 3.63) is 107 Å². The number of hydrogen-bond acceptors (Lipinski definition) is 7. The number of nitrogens with zero attached hydrogens (tertiary/aromatic N) is 3. The lowest BCUT2D eigenvalue weighted by Crippen LogP contribution is -2.41. The summed E-state index contributed by atoms with van der Waals surface area (Å²) in [6.07, 6.45) is 1.51. The molecule has 0 atom stereocenters. The SMILES string of the molecule is O=C(NCCN1CCOCC1)c1ccc(Nc2c(Oc3ccccc3)cnn(-c3ccccc3)c2=O)cc1. The van der Waals surface area contributed by atoms with Crippen molar-refractivity contribution in [3.63, 3.8) is 0 Å². The largest absolute Gasteiger partial charge is 0.453 e. The van der Waals surface area contributed by atoms with E-state index in [9.17, 15) is 9.59 Å². The van der Waals surface area contributed by atoms with Crippen LogP contribution in [-0.4, -0.2) is 60.0 Å². The third-order valence-electron chi connectivity index (χ3n) is 6.15. The normalized spacial score (nSPS) is 13.6. The molecule has 194 valence electrons.